The minimum absolute atomic E-state index is 0.226. The van der Waals surface area contributed by atoms with Crippen molar-refractivity contribution in [2.24, 2.45) is 0 Å². The number of morpholine rings is 1. The van der Waals surface area contributed by atoms with Gasteiger partial charge in [-0.05, 0) is 36.4 Å². The number of carbonyl (C=O) groups is 1. The normalized spacial score (nSPS) is 16.2. The molecule has 5 rings (SSSR count). The maximum absolute atomic E-state index is 13.0. The number of carboxylic acids is 1. The standard InChI is InChI=1S/C24H27N7O3S.C2HF3O2/c25-17-19-14-22(29-24(19)30-8-6-26-7-9-30)18-4-5-27-23(15-18)28-20-2-1-3-21(16-20)35(32,33)31-10-12-34-13-11-31;3-2(4,5)1(6)7/h1-5,14-16,26,29H,6-13H2,(H,27,28);(H,6,7). The third kappa shape index (κ3) is 7.56. The van der Waals surface area contributed by atoms with Crippen LogP contribution in [0.4, 0.5) is 30.5 Å². The average molecular weight is 608 g/mol. The summed E-state index contributed by atoms with van der Waals surface area (Å²) in [5, 5.41) is 23.3. The molecule has 0 unspecified atom stereocenters. The molecule has 0 spiro atoms. The van der Waals surface area contributed by atoms with Crippen LogP contribution in [-0.4, -0.2) is 92.4 Å². The first-order valence-corrected chi connectivity index (χ1v) is 14.2. The van der Waals surface area contributed by atoms with Crippen LogP contribution in [0, 0.1) is 11.3 Å². The van der Waals surface area contributed by atoms with E-state index in [4.69, 9.17) is 14.6 Å². The van der Waals surface area contributed by atoms with Gasteiger partial charge in [0.25, 0.3) is 0 Å². The Morgan fingerprint density at radius 1 is 1.10 bits per heavy atom. The van der Waals surface area contributed by atoms with Gasteiger partial charge in [-0.3, -0.25) is 0 Å². The smallest absolute Gasteiger partial charge is 0.475 e. The first kappa shape index (κ1) is 30.8. The zero-order valence-corrected chi connectivity index (χ0v) is 23.0. The van der Waals surface area contributed by atoms with Gasteiger partial charge in [-0.15, -0.1) is 0 Å². The third-order valence-corrected chi connectivity index (χ3v) is 8.27. The number of aromatic amines is 1. The molecule has 0 saturated carbocycles. The average Bonchev–Trinajstić information content (AvgIpc) is 3.43. The van der Waals surface area contributed by atoms with Gasteiger partial charge in [0.2, 0.25) is 10.0 Å². The van der Waals surface area contributed by atoms with Crippen molar-refractivity contribution in [1.82, 2.24) is 19.6 Å². The highest BCUT2D eigenvalue weighted by Gasteiger charge is 2.38. The Labute approximate surface area is 239 Å². The van der Waals surface area contributed by atoms with Crippen LogP contribution in [0.25, 0.3) is 11.3 Å². The van der Waals surface area contributed by atoms with Crippen molar-refractivity contribution >= 4 is 33.3 Å². The number of hydrogen-bond acceptors (Lipinski definition) is 9. The second-order valence-electron chi connectivity index (χ2n) is 9.20. The van der Waals surface area contributed by atoms with E-state index in [0.717, 1.165) is 43.3 Å². The Morgan fingerprint density at radius 3 is 2.43 bits per heavy atom. The number of aliphatic carboxylic acids is 1. The topological polar surface area (TPSA) is 164 Å². The number of piperazine rings is 1. The Morgan fingerprint density at radius 2 is 1.79 bits per heavy atom. The number of ether oxygens (including phenoxy) is 1. The van der Waals surface area contributed by atoms with Crippen LogP contribution >= 0.6 is 0 Å². The number of sulfonamides is 1. The molecule has 1 aromatic carbocycles. The van der Waals surface area contributed by atoms with Gasteiger partial charge in [0, 0.05) is 62.4 Å². The SMILES string of the molecule is N#Cc1cc(-c2ccnc(Nc3cccc(S(=O)(=O)N4CCOCC4)c3)c2)[nH]c1N1CCNCC1.O=C(O)C(F)(F)F. The van der Waals surface area contributed by atoms with E-state index in [0.29, 0.717) is 43.4 Å². The molecular weight excluding hydrogens is 579 g/mol. The lowest BCUT2D eigenvalue weighted by Crippen LogP contribution is -2.44. The van der Waals surface area contributed by atoms with Crippen molar-refractivity contribution in [3.63, 3.8) is 0 Å². The van der Waals surface area contributed by atoms with Crippen LogP contribution in [0.5, 0.6) is 0 Å². The summed E-state index contributed by atoms with van der Waals surface area (Å²) in [5.41, 5.74) is 2.92. The van der Waals surface area contributed by atoms with Crippen molar-refractivity contribution in [3.8, 4) is 17.3 Å². The first-order valence-electron chi connectivity index (χ1n) is 12.8. The molecule has 4 N–H and O–H groups in total. The predicted molar refractivity (Wildman–Crippen MR) is 147 cm³/mol. The van der Waals surface area contributed by atoms with E-state index in [1.807, 2.05) is 18.2 Å². The number of anilines is 3. The first-order chi connectivity index (χ1) is 20.0. The van der Waals surface area contributed by atoms with E-state index in [2.05, 4.69) is 31.6 Å². The zero-order valence-electron chi connectivity index (χ0n) is 22.2. The number of hydrogen-bond donors (Lipinski definition) is 4. The number of halogens is 3. The zero-order chi connectivity index (χ0) is 30.3. The van der Waals surface area contributed by atoms with Crippen LogP contribution in [0.15, 0.2) is 53.6 Å². The van der Waals surface area contributed by atoms with E-state index >= 15 is 0 Å². The van der Waals surface area contributed by atoms with Crippen LogP contribution in [0.1, 0.15) is 5.56 Å². The molecule has 0 atom stereocenters. The number of carboxylic acid groups (broad SMARTS) is 1. The maximum atomic E-state index is 13.0. The number of rotatable bonds is 6. The molecule has 42 heavy (non-hydrogen) atoms. The second kappa shape index (κ2) is 13.2. The van der Waals surface area contributed by atoms with Crippen LogP contribution < -0.4 is 15.5 Å². The van der Waals surface area contributed by atoms with Gasteiger partial charge >= 0.3 is 12.1 Å². The monoisotopic (exact) mass is 607 g/mol. The number of nitrogens with one attached hydrogen (secondary N) is 3. The molecule has 0 aliphatic carbocycles. The van der Waals surface area contributed by atoms with Gasteiger partial charge < -0.3 is 30.4 Å². The van der Waals surface area contributed by atoms with Crippen LogP contribution in [0.3, 0.4) is 0 Å². The fourth-order valence-corrected chi connectivity index (χ4v) is 5.76. The number of nitrogens with zero attached hydrogens (tertiary/aromatic N) is 4. The quantitative estimate of drug-likeness (QED) is 0.328. The van der Waals surface area contributed by atoms with E-state index < -0.39 is 22.2 Å². The predicted octanol–water partition coefficient (Wildman–Crippen LogP) is 2.76. The molecule has 3 aromatic rings. The molecule has 2 aromatic heterocycles. The highest BCUT2D eigenvalue weighted by atomic mass is 32.2. The molecule has 2 fully saturated rings. The van der Waals surface area contributed by atoms with Gasteiger partial charge in [-0.25, -0.2) is 18.2 Å². The molecule has 224 valence electrons. The van der Waals surface area contributed by atoms with Crippen LogP contribution in [-0.2, 0) is 19.6 Å². The Hall–Kier alpha value is -4.17. The molecule has 4 heterocycles. The lowest BCUT2D eigenvalue weighted by atomic mass is 10.2. The largest absolute Gasteiger partial charge is 0.490 e. The van der Waals surface area contributed by atoms with Gasteiger partial charge in [0.05, 0.1) is 23.7 Å². The lowest BCUT2D eigenvalue weighted by Gasteiger charge is -2.28. The molecule has 0 bridgehead atoms. The molecule has 2 aliphatic rings. The van der Waals surface area contributed by atoms with E-state index in [9.17, 15) is 26.9 Å². The minimum atomic E-state index is -5.08. The van der Waals surface area contributed by atoms with Gasteiger partial charge in [-0.1, -0.05) is 6.07 Å². The number of alkyl halides is 3. The minimum Gasteiger partial charge on any atom is -0.475 e. The molecule has 0 amide bonds. The summed E-state index contributed by atoms with van der Waals surface area (Å²) < 4.78 is 64.5. The molecule has 2 aliphatic heterocycles. The van der Waals surface area contributed by atoms with E-state index in [1.54, 1.807) is 30.5 Å². The van der Waals surface area contributed by atoms with E-state index in [-0.39, 0.29) is 4.90 Å². The number of H-pyrrole nitrogens is 1. The number of aromatic nitrogens is 2. The number of nitriles is 1. The fourth-order valence-electron chi connectivity index (χ4n) is 4.31. The van der Waals surface area contributed by atoms with Crippen molar-refractivity contribution in [3.05, 3.63) is 54.2 Å². The number of benzene rings is 1. The summed E-state index contributed by atoms with van der Waals surface area (Å²) in [6.07, 6.45) is -3.40. The molecular formula is C26H28F3N7O5S. The van der Waals surface area contributed by atoms with Gasteiger partial charge in [0.15, 0.2) is 0 Å². The summed E-state index contributed by atoms with van der Waals surface area (Å²) in [4.78, 5) is 19.1. The molecule has 12 nitrogen and oxygen atoms in total. The lowest BCUT2D eigenvalue weighted by molar-refractivity contribution is -0.192. The summed E-state index contributed by atoms with van der Waals surface area (Å²) in [6.45, 7) is 4.92. The van der Waals surface area contributed by atoms with Crippen molar-refractivity contribution in [2.75, 3.05) is 62.7 Å². The van der Waals surface area contributed by atoms with Gasteiger partial charge in [0.1, 0.15) is 17.7 Å². The maximum Gasteiger partial charge on any atom is 0.490 e. The number of pyridine rings is 1. The van der Waals surface area contributed by atoms with Crippen molar-refractivity contribution < 1.29 is 36.2 Å². The Kier molecular flexibility index (Phi) is 9.68. The summed E-state index contributed by atoms with van der Waals surface area (Å²) >= 11 is 0. The van der Waals surface area contributed by atoms with Crippen LogP contribution in [0.2, 0.25) is 0 Å². The Balaban J connectivity index is 0.000000517. The molecule has 2 saturated heterocycles. The van der Waals surface area contributed by atoms with E-state index in [1.165, 1.54) is 4.31 Å². The highest BCUT2D eigenvalue weighted by molar-refractivity contribution is 7.89. The fraction of sp³-hybridized carbons (Fsp3) is 0.346. The summed E-state index contributed by atoms with van der Waals surface area (Å²) in [7, 11) is -3.60. The highest BCUT2D eigenvalue weighted by Crippen LogP contribution is 2.29. The second-order valence-corrected chi connectivity index (χ2v) is 11.1. The van der Waals surface area contributed by atoms with Crippen molar-refractivity contribution in [1.29, 1.82) is 5.26 Å². The molecule has 16 heteroatoms. The molecule has 0 radical (unpaired) electrons. The van der Waals surface area contributed by atoms with Crippen molar-refractivity contribution in [2.45, 2.75) is 11.1 Å². The Bertz CT molecular complexity index is 1540. The summed E-state index contributed by atoms with van der Waals surface area (Å²) in [6, 6.07) is 14.6. The third-order valence-electron chi connectivity index (χ3n) is 6.38. The summed E-state index contributed by atoms with van der Waals surface area (Å²) in [5.74, 6) is -1.36. The van der Waals surface area contributed by atoms with Gasteiger partial charge in [-0.2, -0.15) is 22.7 Å².